The van der Waals surface area contributed by atoms with Gasteiger partial charge in [0.25, 0.3) is 5.97 Å². The van der Waals surface area contributed by atoms with Crippen LogP contribution >= 0.6 is 0 Å². The van der Waals surface area contributed by atoms with Crippen molar-refractivity contribution in [2.45, 2.75) is 26.6 Å². The monoisotopic (exact) mass is 156 g/mol. The van der Waals surface area contributed by atoms with Gasteiger partial charge in [-0.1, -0.05) is 0 Å². The molecule has 9 heavy (non-hydrogen) atoms. The maximum Gasteiger partial charge on any atom is 1.00 e. The summed E-state index contributed by atoms with van der Waals surface area (Å²) in [5.41, 5.74) is 0. The summed E-state index contributed by atoms with van der Waals surface area (Å²) in [5.74, 6) is -0.163. The van der Waals surface area contributed by atoms with Crippen LogP contribution in [-0.2, 0) is 9.22 Å². The van der Waals surface area contributed by atoms with E-state index < -0.39 is 8.32 Å². The van der Waals surface area contributed by atoms with E-state index in [1.54, 1.807) is 0 Å². The Hall–Kier alpha value is 0.687. The summed E-state index contributed by atoms with van der Waals surface area (Å²) < 4.78 is 4.94. The Morgan fingerprint density at radius 2 is 1.78 bits per heavy atom. The average Bonchev–Trinajstić information content (AvgIpc) is 1.21. The first kappa shape index (κ1) is 12.4. The van der Waals surface area contributed by atoms with Crippen LogP contribution in [0.15, 0.2) is 0 Å². The fourth-order valence-corrected chi connectivity index (χ4v) is 1.29. The van der Waals surface area contributed by atoms with Gasteiger partial charge < -0.3 is 5.85 Å². The molecule has 0 unspecified atom stereocenters. The Kier molecular flexibility index (Phi) is 6.18. The van der Waals surface area contributed by atoms with E-state index in [0.29, 0.717) is 0 Å². The second-order valence-electron chi connectivity index (χ2n) is 2.71. The van der Waals surface area contributed by atoms with Crippen molar-refractivity contribution in [2.24, 2.45) is 0 Å². The van der Waals surface area contributed by atoms with Gasteiger partial charge in [-0.25, -0.2) is 0 Å². The third-order valence-corrected chi connectivity index (χ3v) is 1.35. The van der Waals surface area contributed by atoms with Gasteiger partial charge in [-0.15, -0.1) is 0 Å². The predicted octanol–water partition coefficient (Wildman–Crippen LogP) is -1.50. The van der Waals surface area contributed by atoms with Crippen LogP contribution in [0.5, 0.6) is 0 Å². The maximum absolute atomic E-state index is 10.3. The summed E-state index contributed by atoms with van der Waals surface area (Å²) in [7, 11) is -1.57. The normalized spacial score (nSPS) is 9.78. The van der Waals surface area contributed by atoms with E-state index in [0.717, 1.165) is 0 Å². The van der Waals surface area contributed by atoms with Crippen LogP contribution in [0.4, 0.5) is 0 Å². The predicted molar refractivity (Wildman–Crippen MR) is 36.2 cm³/mol. The van der Waals surface area contributed by atoms with Crippen LogP contribution in [0, 0.1) is 0 Å². The van der Waals surface area contributed by atoms with E-state index in [1.165, 1.54) is 6.92 Å². The van der Waals surface area contributed by atoms with Gasteiger partial charge in [0.15, 0.2) is 0 Å². The second kappa shape index (κ2) is 4.49. The number of carbonyl (C=O) groups is 1. The molecule has 0 aromatic carbocycles. The molecule has 50 valence electrons. The summed E-state index contributed by atoms with van der Waals surface area (Å²) in [6.07, 6.45) is 0. The zero-order valence-corrected chi connectivity index (χ0v) is 9.82. The Morgan fingerprint density at radius 1 is 1.44 bits per heavy atom. The zero-order valence-electron chi connectivity index (χ0n) is 7.82. The van der Waals surface area contributed by atoms with Gasteiger partial charge in [0.1, 0.15) is 0 Å². The molecule has 0 saturated heterocycles. The Bertz CT molecular complexity index is 102. The van der Waals surface area contributed by atoms with Crippen molar-refractivity contribution in [2.75, 3.05) is 0 Å². The molecule has 4 heteroatoms. The molecule has 0 aromatic heterocycles. The number of hydrogen-bond donors (Lipinski definition) is 0. The van der Waals surface area contributed by atoms with Crippen molar-refractivity contribution < 1.29 is 40.2 Å². The SMILES string of the molecule is CC(=O)O[Si](C)(C)C.[H-].[Na+]. The van der Waals surface area contributed by atoms with Gasteiger partial charge in [-0.3, -0.25) is 4.79 Å². The summed E-state index contributed by atoms with van der Waals surface area (Å²) in [6.45, 7) is 7.38. The first-order chi connectivity index (χ1) is 3.42. The number of hydrogen-bond acceptors (Lipinski definition) is 2. The van der Waals surface area contributed by atoms with Crippen molar-refractivity contribution in [3.63, 3.8) is 0 Å². The average molecular weight is 156 g/mol. The van der Waals surface area contributed by atoms with Crippen molar-refractivity contribution in [3.8, 4) is 0 Å². The van der Waals surface area contributed by atoms with Crippen LogP contribution < -0.4 is 29.6 Å². The first-order valence-corrected chi connectivity index (χ1v) is 6.02. The first-order valence-electron chi connectivity index (χ1n) is 2.61. The van der Waals surface area contributed by atoms with Crippen LogP contribution in [0.2, 0.25) is 19.6 Å². The van der Waals surface area contributed by atoms with Gasteiger partial charge >= 0.3 is 29.6 Å². The molecule has 2 nitrogen and oxygen atoms in total. The standard InChI is InChI=1S/C5H12O2Si.Na.H/c1-5(6)7-8(2,3)4;;/h1-4H3;;/q;+1;-1. The van der Waals surface area contributed by atoms with E-state index in [-0.39, 0.29) is 37.0 Å². The summed E-state index contributed by atoms with van der Waals surface area (Å²) in [6, 6.07) is 0. The summed E-state index contributed by atoms with van der Waals surface area (Å²) in [5, 5.41) is 0. The Morgan fingerprint density at radius 3 is 1.78 bits per heavy atom. The number of rotatable bonds is 1. The maximum atomic E-state index is 10.3. The van der Waals surface area contributed by atoms with Gasteiger partial charge in [-0.2, -0.15) is 0 Å². The van der Waals surface area contributed by atoms with E-state index in [4.69, 9.17) is 4.43 Å². The van der Waals surface area contributed by atoms with E-state index in [9.17, 15) is 4.79 Å². The Balaban J connectivity index is -0.000000245. The largest absolute Gasteiger partial charge is 1.00 e. The summed E-state index contributed by atoms with van der Waals surface area (Å²) >= 11 is 0. The second-order valence-corrected chi connectivity index (χ2v) is 7.13. The molecule has 0 radical (unpaired) electrons. The number of carbonyl (C=O) groups excluding carboxylic acids is 1. The quantitative estimate of drug-likeness (QED) is 0.432. The molecule has 0 amide bonds. The topological polar surface area (TPSA) is 26.3 Å². The third-order valence-electron chi connectivity index (χ3n) is 0.450. The molecule has 0 saturated carbocycles. The fraction of sp³-hybridized carbons (Fsp3) is 0.800. The molecule has 0 N–H and O–H groups in total. The summed E-state index contributed by atoms with van der Waals surface area (Å²) in [4.78, 5) is 10.3. The van der Waals surface area contributed by atoms with E-state index in [2.05, 4.69) is 0 Å². The van der Waals surface area contributed by atoms with Gasteiger partial charge in [0.2, 0.25) is 8.32 Å². The fourth-order valence-electron chi connectivity index (χ4n) is 0.431. The molecule has 0 rings (SSSR count). The van der Waals surface area contributed by atoms with Gasteiger partial charge in [-0.05, 0) is 19.6 Å². The molecular formula is C5H13NaO2Si. The smallest absolute Gasteiger partial charge is 1.00 e. The van der Waals surface area contributed by atoms with Crippen molar-refractivity contribution >= 4 is 14.3 Å². The van der Waals surface area contributed by atoms with E-state index in [1.807, 2.05) is 19.6 Å². The van der Waals surface area contributed by atoms with Crippen LogP contribution in [-0.4, -0.2) is 14.3 Å². The van der Waals surface area contributed by atoms with E-state index >= 15 is 0 Å². The minimum atomic E-state index is -1.57. The van der Waals surface area contributed by atoms with Gasteiger partial charge in [0, 0.05) is 6.92 Å². The minimum Gasteiger partial charge on any atom is -1.00 e. The third kappa shape index (κ3) is 12.0. The minimum absolute atomic E-state index is 0. The van der Waals surface area contributed by atoms with Gasteiger partial charge in [0.05, 0.1) is 0 Å². The van der Waals surface area contributed by atoms with Crippen molar-refractivity contribution in [1.82, 2.24) is 0 Å². The van der Waals surface area contributed by atoms with Crippen molar-refractivity contribution in [1.29, 1.82) is 0 Å². The Labute approximate surface area is 80.9 Å². The van der Waals surface area contributed by atoms with Crippen LogP contribution in [0.3, 0.4) is 0 Å². The molecule has 0 heterocycles. The molecule has 0 atom stereocenters. The molecule has 0 spiro atoms. The molecule has 0 aliphatic carbocycles. The van der Waals surface area contributed by atoms with Crippen molar-refractivity contribution in [3.05, 3.63) is 0 Å². The molecular weight excluding hydrogens is 143 g/mol. The molecule has 0 bridgehead atoms. The molecule has 0 aliphatic heterocycles. The molecule has 0 aliphatic rings. The molecule has 0 aromatic rings. The van der Waals surface area contributed by atoms with Crippen LogP contribution in [0.25, 0.3) is 0 Å². The zero-order chi connectivity index (χ0) is 6.78. The molecule has 0 fully saturated rings. The van der Waals surface area contributed by atoms with Crippen LogP contribution in [0.1, 0.15) is 8.35 Å².